The van der Waals surface area contributed by atoms with Crippen molar-refractivity contribution >= 4 is 22.7 Å². The predicted octanol–water partition coefficient (Wildman–Crippen LogP) is 3.10. The third-order valence-corrected chi connectivity index (χ3v) is 3.19. The van der Waals surface area contributed by atoms with E-state index in [1.165, 1.54) is 0 Å². The van der Waals surface area contributed by atoms with Gasteiger partial charge in [-0.2, -0.15) is 0 Å². The molecule has 1 atom stereocenters. The van der Waals surface area contributed by atoms with Crippen molar-refractivity contribution in [1.82, 2.24) is 0 Å². The van der Waals surface area contributed by atoms with Crippen LogP contribution in [0.15, 0.2) is 35.5 Å². The van der Waals surface area contributed by atoms with Crippen LogP contribution in [0, 0.1) is 5.92 Å². The molecule has 0 heterocycles. The molecule has 5 nitrogen and oxygen atoms in total. The summed E-state index contributed by atoms with van der Waals surface area (Å²) >= 11 is 5.68. The fourth-order valence-electron chi connectivity index (χ4n) is 1.79. The van der Waals surface area contributed by atoms with Crippen LogP contribution in [-0.2, 0) is 16.1 Å². The molecule has 110 valence electrons. The van der Waals surface area contributed by atoms with Gasteiger partial charge in [-0.15, -0.1) is 0 Å². The Morgan fingerprint density at radius 2 is 2.05 bits per heavy atom. The number of rotatable bonds is 9. The van der Waals surface area contributed by atoms with E-state index in [9.17, 15) is 4.79 Å². The van der Waals surface area contributed by atoms with Gasteiger partial charge in [-0.25, -0.2) is 0 Å². The average molecular weight is 300 g/mol. The summed E-state index contributed by atoms with van der Waals surface area (Å²) in [5, 5.41) is 20.1. The molecule has 0 saturated carbocycles. The van der Waals surface area contributed by atoms with Crippen LogP contribution in [0.4, 0.5) is 0 Å². The van der Waals surface area contributed by atoms with Crippen molar-refractivity contribution in [3.05, 3.63) is 35.9 Å². The highest BCUT2D eigenvalue weighted by Gasteiger charge is 2.18. The second kappa shape index (κ2) is 9.34. The van der Waals surface area contributed by atoms with Crippen LogP contribution in [0.1, 0.15) is 24.8 Å². The Bertz CT molecular complexity index is 436. The van der Waals surface area contributed by atoms with Crippen molar-refractivity contribution in [2.45, 2.75) is 25.9 Å². The first-order valence-electron chi connectivity index (χ1n) is 6.34. The first-order chi connectivity index (χ1) is 9.63. The Labute approximate surface area is 122 Å². The summed E-state index contributed by atoms with van der Waals surface area (Å²) in [5.41, 5.74) is 1.09. The van der Waals surface area contributed by atoms with Gasteiger partial charge >= 0.3 is 5.97 Å². The van der Waals surface area contributed by atoms with Gasteiger partial charge in [0, 0.05) is 12.5 Å². The molecule has 0 aliphatic rings. The molecule has 0 spiro atoms. The highest BCUT2D eigenvalue weighted by molar-refractivity contribution is 6.65. The van der Waals surface area contributed by atoms with Crippen LogP contribution < -0.4 is 0 Å². The summed E-state index contributed by atoms with van der Waals surface area (Å²) in [7, 11) is 0. The van der Waals surface area contributed by atoms with E-state index in [-0.39, 0.29) is 11.6 Å². The van der Waals surface area contributed by atoms with Crippen molar-refractivity contribution in [3.8, 4) is 0 Å². The number of carboxylic acids is 1. The highest BCUT2D eigenvalue weighted by Crippen LogP contribution is 2.16. The second-order valence-electron chi connectivity index (χ2n) is 4.40. The van der Waals surface area contributed by atoms with Gasteiger partial charge in [0.25, 0.3) is 0 Å². The van der Waals surface area contributed by atoms with Gasteiger partial charge < -0.3 is 15.1 Å². The zero-order valence-electron chi connectivity index (χ0n) is 11.0. The number of ether oxygens (including phenoxy) is 1. The number of nitrogens with zero attached hydrogens (tertiary/aromatic N) is 1. The molecule has 2 N–H and O–H groups in total. The van der Waals surface area contributed by atoms with Gasteiger partial charge in [-0.05, 0) is 18.4 Å². The predicted molar refractivity (Wildman–Crippen MR) is 76.1 cm³/mol. The largest absolute Gasteiger partial charge is 0.481 e. The molecule has 0 fully saturated rings. The van der Waals surface area contributed by atoms with E-state index in [0.717, 1.165) is 5.56 Å². The van der Waals surface area contributed by atoms with Crippen molar-refractivity contribution in [2.24, 2.45) is 11.1 Å². The first-order valence-corrected chi connectivity index (χ1v) is 6.72. The number of carbonyl (C=O) groups is 1. The SMILES string of the molecule is O=C(O)C[C@H](CCCOCc1ccccc1)C(Cl)=NO. The van der Waals surface area contributed by atoms with Crippen LogP contribution in [0.25, 0.3) is 0 Å². The van der Waals surface area contributed by atoms with Gasteiger partial charge in [0.15, 0.2) is 0 Å². The molecule has 0 aliphatic heterocycles. The molecule has 0 bridgehead atoms. The van der Waals surface area contributed by atoms with E-state index in [4.69, 9.17) is 26.7 Å². The van der Waals surface area contributed by atoms with E-state index in [0.29, 0.717) is 26.1 Å². The van der Waals surface area contributed by atoms with Crippen LogP contribution in [0.2, 0.25) is 0 Å². The zero-order chi connectivity index (χ0) is 14.8. The molecule has 20 heavy (non-hydrogen) atoms. The number of benzene rings is 1. The van der Waals surface area contributed by atoms with E-state index in [1.54, 1.807) is 0 Å². The lowest BCUT2D eigenvalue weighted by Crippen LogP contribution is -2.15. The van der Waals surface area contributed by atoms with Crippen LogP contribution in [0.3, 0.4) is 0 Å². The monoisotopic (exact) mass is 299 g/mol. The van der Waals surface area contributed by atoms with E-state index < -0.39 is 11.9 Å². The molecule has 1 rings (SSSR count). The summed E-state index contributed by atoms with van der Waals surface area (Å²) in [5.74, 6) is -1.44. The quantitative estimate of drug-likeness (QED) is 0.318. The maximum atomic E-state index is 10.7. The molecule has 0 saturated heterocycles. The van der Waals surface area contributed by atoms with E-state index >= 15 is 0 Å². The van der Waals surface area contributed by atoms with E-state index in [2.05, 4.69) is 5.16 Å². The lowest BCUT2D eigenvalue weighted by molar-refractivity contribution is -0.137. The number of hydrogen-bond acceptors (Lipinski definition) is 4. The molecule has 0 aliphatic carbocycles. The highest BCUT2D eigenvalue weighted by atomic mass is 35.5. The average Bonchev–Trinajstić information content (AvgIpc) is 2.45. The number of oxime groups is 1. The minimum absolute atomic E-state index is 0.0736. The number of carboxylic acid groups (broad SMARTS) is 1. The third kappa shape index (κ3) is 6.54. The van der Waals surface area contributed by atoms with Gasteiger partial charge in [-0.3, -0.25) is 4.79 Å². The lowest BCUT2D eigenvalue weighted by atomic mass is 10.0. The molecular formula is C14H18ClNO4. The topological polar surface area (TPSA) is 79.1 Å². The normalized spacial score (nSPS) is 13.2. The van der Waals surface area contributed by atoms with Crippen LogP contribution >= 0.6 is 11.6 Å². The van der Waals surface area contributed by atoms with Crippen LogP contribution in [0.5, 0.6) is 0 Å². The smallest absolute Gasteiger partial charge is 0.304 e. The molecule has 0 aromatic heterocycles. The van der Waals surface area contributed by atoms with Crippen molar-refractivity contribution in [2.75, 3.05) is 6.61 Å². The Morgan fingerprint density at radius 3 is 2.65 bits per heavy atom. The lowest BCUT2D eigenvalue weighted by Gasteiger charge is -2.12. The summed E-state index contributed by atoms with van der Waals surface area (Å²) < 4.78 is 5.50. The molecule has 6 heteroatoms. The van der Waals surface area contributed by atoms with Gasteiger partial charge in [-0.1, -0.05) is 47.1 Å². The van der Waals surface area contributed by atoms with Crippen molar-refractivity contribution in [3.63, 3.8) is 0 Å². The summed E-state index contributed by atoms with van der Waals surface area (Å²) in [4.78, 5) is 10.7. The third-order valence-electron chi connectivity index (χ3n) is 2.81. The Balaban J connectivity index is 2.25. The van der Waals surface area contributed by atoms with Crippen molar-refractivity contribution in [1.29, 1.82) is 0 Å². The molecule has 0 amide bonds. The maximum absolute atomic E-state index is 10.7. The van der Waals surface area contributed by atoms with Gasteiger partial charge in [0.1, 0.15) is 5.17 Å². The Morgan fingerprint density at radius 1 is 1.35 bits per heavy atom. The standard InChI is InChI=1S/C14H18ClNO4/c15-14(16-19)12(9-13(17)18)7-4-8-20-10-11-5-2-1-3-6-11/h1-3,5-6,12,19H,4,7-10H2,(H,17,18)/t12-/m0/s1. The summed E-state index contributed by atoms with van der Waals surface area (Å²) in [6.07, 6.45) is 1.00. The Kier molecular flexibility index (Phi) is 7.69. The minimum atomic E-state index is -0.970. The first kappa shape index (κ1) is 16.5. The molecule has 0 radical (unpaired) electrons. The molecular weight excluding hydrogens is 282 g/mol. The van der Waals surface area contributed by atoms with Gasteiger partial charge in [0.2, 0.25) is 0 Å². The fourth-order valence-corrected chi connectivity index (χ4v) is 1.98. The summed E-state index contributed by atoms with van der Waals surface area (Å²) in [6, 6.07) is 9.78. The second-order valence-corrected chi connectivity index (χ2v) is 4.79. The minimum Gasteiger partial charge on any atom is -0.481 e. The molecule has 1 aromatic rings. The molecule has 0 unspecified atom stereocenters. The number of hydrogen-bond donors (Lipinski definition) is 2. The fraction of sp³-hybridized carbons (Fsp3) is 0.429. The van der Waals surface area contributed by atoms with Crippen LogP contribution in [-0.4, -0.2) is 28.1 Å². The van der Waals surface area contributed by atoms with E-state index in [1.807, 2.05) is 30.3 Å². The van der Waals surface area contributed by atoms with Gasteiger partial charge in [0.05, 0.1) is 13.0 Å². The maximum Gasteiger partial charge on any atom is 0.304 e. The zero-order valence-corrected chi connectivity index (χ0v) is 11.8. The molecule has 1 aromatic carbocycles. The van der Waals surface area contributed by atoms with Crippen molar-refractivity contribution < 1.29 is 19.8 Å². The Hall–Kier alpha value is -1.59. The summed E-state index contributed by atoms with van der Waals surface area (Å²) in [6.45, 7) is 1.02. The number of aliphatic carboxylic acids is 1. The number of halogens is 1.